The minimum Gasteiger partial charge on any atom is -0.462 e. The zero-order valence-electron chi connectivity index (χ0n) is 10.0. The van der Waals surface area contributed by atoms with Crippen molar-refractivity contribution in [2.24, 2.45) is 0 Å². The summed E-state index contributed by atoms with van der Waals surface area (Å²) in [5.74, 6) is 1.62. The molecule has 0 amide bonds. The van der Waals surface area contributed by atoms with Crippen LogP contribution in [0.15, 0.2) is 42.2 Å². The number of anilines is 2. The standard InChI is InChI=1S/C14H16N2O/c1-3-9(2)17-14-7-6-13(16)11-5-4-10(15)8-12(11)14/h3-8H,15-16H2,1-2H3. The van der Waals surface area contributed by atoms with E-state index in [1.54, 1.807) is 0 Å². The van der Waals surface area contributed by atoms with Crippen molar-refractivity contribution in [2.45, 2.75) is 13.8 Å². The Morgan fingerprint density at radius 1 is 1.12 bits per heavy atom. The molecule has 0 aliphatic carbocycles. The summed E-state index contributed by atoms with van der Waals surface area (Å²) in [5.41, 5.74) is 13.2. The van der Waals surface area contributed by atoms with Crippen LogP contribution in [0.1, 0.15) is 13.8 Å². The lowest BCUT2D eigenvalue weighted by Gasteiger charge is -2.11. The fourth-order valence-corrected chi connectivity index (χ4v) is 1.68. The third-order valence-electron chi connectivity index (χ3n) is 2.71. The Hall–Kier alpha value is -2.16. The van der Waals surface area contributed by atoms with E-state index in [1.165, 1.54) is 0 Å². The zero-order valence-corrected chi connectivity index (χ0v) is 10.0. The van der Waals surface area contributed by atoms with Crippen LogP contribution < -0.4 is 16.2 Å². The van der Waals surface area contributed by atoms with Gasteiger partial charge in [0.1, 0.15) is 5.75 Å². The first-order valence-corrected chi connectivity index (χ1v) is 5.50. The lowest BCUT2D eigenvalue weighted by molar-refractivity contribution is 0.432. The van der Waals surface area contributed by atoms with Crippen molar-refractivity contribution in [3.63, 3.8) is 0 Å². The molecule has 17 heavy (non-hydrogen) atoms. The van der Waals surface area contributed by atoms with Crippen LogP contribution in [-0.4, -0.2) is 0 Å². The number of hydrogen-bond acceptors (Lipinski definition) is 3. The van der Waals surface area contributed by atoms with Crippen LogP contribution in [0.5, 0.6) is 5.75 Å². The highest BCUT2D eigenvalue weighted by Crippen LogP contribution is 2.32. The Morgan fingerprint density at radius 3 is 2.59 bits per heavy atom. The van der Waals surface area contributed by atoms with Gasteiger partial charge >= 0.3 is 0 Å². The molecule has 0 aliphatic heterocycles. The summed E-state index contributed by atoms with van der Waals surface area (Å²) in [7, 11) is 0. The summed E-state index contributed by atoms with van der Waals surface area (Å²) in [5, 5.41) is 1.90. The highest BCUT2D eigenvalue weighted by molar-refractivity contribution is 5.98. The van der Waals surface area contributed by atoms with Crippen molar-refractivity contribution in [3.8, 4) is 5.75 Å². The monoisotopic (exact) mass is 228 g/mol. The molecule has 2 aromatic rings. The highest BCUT2D eigenvalue weighted by Gasteiger charge is 2.06. The van der Waals surface area contributed by atoms with Crippen LogP contribution in [-0.2, 0) is 0 Å². The Balaban J connectivity index is 2.63. The van der Waals surface area contributed by atoms with Gasteiger partial charge in [0.15, 0.2) is 0 Å². The molecule has 0 aliphatic rings. The molecule has 0 unspecified atom stereocenters. The summed E-state index contributed by atoms with van der Waals surface area (Å²) in [6.45, 7) is 3.84. The molecular weight excluding hydrogens is 212 g/mol. The summed E-state index contributed by atoms with van der Waals surface area (Å²) in [6.07, 6.45) is 1.91. The maximum absolute atomic E-state index is 5.93. The maximum atomic E-state index is 5.93. The molecule has 2 aromatic carbocycles. The van der Waals surface area contributed by atoms with Gasteiger partial charge in [-0.1, -0.05) is 6.07 Å². The lowest BCUT2D eigenvalue weighted by atomic mass is 10.1. The third kappa shape index (κ3) is 2.18. The quantitative estimate of drug-likeness (QED) is 0.612. The average molecular weight is 228 g/mol. The van der Waals surface area contributed by atoms with Crippen molar-refractivity contribution < 1.29 is 4.74 Å². The minimum atomic E-state index is 0.700. The molecule has 3 nitrogen and oxygen atoms in total. The number of allylic oxidation sites excluding steroid dienone is 2. The molecule has 0 aromatic heterocycles. The minimum absolute atomic E-state index is 0.700. The van der Waals surface area contributed by atoms with Crippen molar-refractivity contribution >= 4 is 22.1 Å². The molecule has 2 rings (SSSR count). The van der Waals surface area contributed by atoms with E-state index in [-0.39, 0.29) is 0 Å². The van der Waals surface area contributed by atoms with Gasteiger partial charge in [-0.25, -0.2) is 0 Å². The second-order valence-corrected chi connectivity index (χ2v) is 3.96. The summed E-state index contributed by atoms with van der Waals surface area (Å²) in [6, 6.07) is 9.34. The fourth-order valence-electron chi connectivity index (χ4n) is 1.68. The lowest BCUT2D eigenvalue weighted by Crippen LogP contribution is -1.95. The first-order chi connectivity index (χ1) is 8.11. The van der Waals surface area contributed by atoms with E-state index in [0.29, 0.717) is 5.69 Å². The summed E-state index contributed by atoms with van der Waals surface area (Å²) < 4.78 is 5.74. The molecule has 0 saturated carbocycles. The second kappa shape index (κ2) is 4.37. The van der Waals surface area contributed by atoms with Crippen molar-refractivity contribution in [3.05, 3.63) is 42.2 Å². The van der Waals surface area contributed by atoms with Gasteiger partial charge in [-0.3, -0.25) is 0 Å². The van der Waals surface area contributed by atoms with Gasteiger partial charge in [0, 0.05) is 22.1 Å². The van der Waals surface area contributed by atoms with E-state index in [9.17, 15) is 0 Å². The number of nitrogens with two attached hydrogens (primary N) is 2. The smallest absolute Gasteiger partial charge is 0.134 e. The van der Waals surface area contributed by atoms with E-state index in [1.807, 2.05) is 50.3 Å². The molecule has 88 valence electrons. The van der Waals surface area contributed by atoms with Crippen LogP contribution in [0.25, 0.3) is 10.8 Å². The molecule has 3 heteroatoms. The Labute approximate surface area is 101 Å². The first-order valence-electron chi connectivity index (χ1n) is 5.50. The number of fused-ring (bicyclic) bond motifs is 1. The molecule has 0 bridgehead atoms. The molecule has 0 saturated heterocycles. The Kier molecular flexibility index (Phi) is 2.91. The van der Waals surface area contributed by atoms with Gasteiger partial charge in [0.05, 0.1) is 5.76 Å². The van der Waals surface area contributed by atoms with Crippen molar-refractivity contribution in [2.75, 3.05) is 11.5 Å². The first kappa shape index (κ1) is 11.3. The third-order valence-corrected chi connectivity index (χ3v) is 2.71. The molecule has 0 radical (unpaired) electrons. The second-order valence-electron chi connectivity index (χ2n) is 3.96. The predicted molar refractivity (Wildman–Crippen MR) is 72.8 cm³/mol. The Morgan fingerprint density at radius 2 is 1.88 bits per heavy atom. The van der Waals surface area contributed by atoms with Gasteiger partial charge in [-0.2, -0.15) is 0 Å². The van der Waals surface area contributed by atoms with Gasteiger partial charge in [-0.15, -0.1) is 0 Å². The number of hydrogen-bond donors (Lipinski definition) is 2. The predicted octanol–water partition coefficient (Wildman–Crippen LogP) is 3.31. The topological polar surface area (TPSA) is 61.3 Å². The van der Waals surface area contributed by atoms with Gasteiger partial charge in [0.25, 0.3) is 0 Å². The molecule has 0 spiro atoms. The van der Waals surface area contributed by atoms with Crippen LogP contribution in [0, 0.1) is 0 Å². The Bertz CT molecular complexity index is 588. The van der Waals surface area contributed by atoms with E-state index < -0.39 is 0 Å². The van der Waals surface area contributed by atoms with E-state index in [4.69, 9.17) is 16.2 Å². The normalized spacial score (nSPS) is 11.8. The van der Waals surface area contributed by atoms with E-state index in [0.717, 1.165) is 28.0 Å². The van der Waals surface area contributed by atoms with Gasteiger partial charge < -0.3 is 16.2 Å². The number of ether oxygens (including phenoxy) is 1. The van der Waals surface area contributed by atoms with E-state index >= 15 is 0 Å². The molecule has 0 fully saturated rings. The largest absolute Gasteiger partial charge is 0.462 e. The SMILES string of the molecule is CC=C(C)Oc1ccc(N)c2ccc(N)cc12. The van der Waals surface area contributed by atoms with Crippen LogP contribution >= 0.6 is 0 Å². The molecule has 4 N–H and O–H groups in total. The van der Waals surface area contributed by atoms with Gasteiger partial charge in [-0.05, 0) is 44.2 Å². The fraction of sp³-hybridized carbons (Fsp3) is 0.143. The highest BCUT2D eigenvalue weighted by atomic mass is 16.5. The van der Waals surface area contributed by atoms with Crippen molar-refractivity contribution in [1.82, 2.24) is 0 Å². The van der Waals surface area contributed by atoms with Crippen LogP contribution in [0.4, 0.5) is 11.4 Å². The number of rotatable bonds is 2. The maximum Gasteiger partial charge on any atom is 0.134 e. The van der Waals surface area contributed by atoms with Crippen LogP contribution in [0.3, 0.4) is 0 Å². The number of benzene rings is 2. The molecular formula is C14H16N2O. The summed E-state index contributed by atoms with van der Waals surface area (Å²) >= 11 is 0. The summed E-state index contributed by atoms with van der Waals surface area (Å²) in [4.78, 5) is 0. The number of nitrogen functional groups attached to an aromatic ring is 2. The van der Waals surface area contributed by atoms with Crippen LogP contribution in [0.2, 0.25) is 0 Å². The van der Waals surface area contributed by atoms with Gasteiger partial charge in [0.2, 0.25) is 0 Å². The molecule has 0 heterocycles. The van der Waals surface area contributed by atoms with Crippen molar-refractivity contribution in [1.29, 1.82) is 0 Å². The average Bonchev–Trinajstić information content (AvgIpc) is 2.32. The molecule has 0 atom stereocenters. The zero-order chi connectivity index (χ0) is 12.4. The van der Waals surface area contributed by atoms with E-state index in [2.05, 4.69) is 0 Å².